The quantitative estimate of drug-likeness (QED) is 0.843. The van der Waals surface area contributed by atoms with Gasteiger partial charge in [0.25, 0.3) is 15.9 Å². The Balaban J connectivity index is 2.20. The number of ether oxygens (including phenoxy) is 1. The van der Waals surface area contributed by atoms with E-state index in [1.807, 2.05) is 0 Å². The summed E-state index contributed by atoms with van der Waals surface area (Å²) in [5.74, 6) is -0.928. The molecule has 0 unspecified atom stereocenters. The maximum atomic E-state index is 12.3. The first-order chi connectivity index (χ1) is 11.6. The summed E-state index contributed by atoms with van der Waals surface area (Å²) in [6.07, 6.45) is -4.86. The van der Waals surface area contributed by atoms with Crippen LogP contribution in [0.3, 0.4) is 0 Å². The molecule has 0 fully saturated rings. The summed E-state index contributed by atoms with van der Waals surface area (Å²) in [6, 6.07) is 9.50. The molecule has 0 radical (unpaired) electrons. The summed E-state index contributed by atoms with van der Waals surface area (Å²) in [4.78, 5) is 11.3. The second kappa shape index (κ2) is 7.01. The number of sulfonamides is 1. The minimum atomic E-state index is -4.86. The van der Waals surface area contributed by atoms with Crippen molar-refractivity contribution < 1.29 is 31.1 Å². The van der Waals surface area contributed by atoms with Crippen molar-refractivity contribution in [3.8, 4) is 5.75 Å². The fourth-order valence-corrected chi connectivity index (χ4v) is 2.95. The lowest BCUT2D eigenvalue weighted by molar-refractivity contribution is -0.274. The van der Waals surface area contributed by atoms with Crippen LogP contribution in [-0.2, 0) is 10.0 Å². The highest BCUT2D eigenvalue weighted by Crippen LogP contribution is 2.25. The molecule has 10 heteroatoms. The summed E-state index contributed by atoms with van der Waals surface area (Å²) in [6.45, 7) is 0. The number of carbonyl (C=O) groups is 1. The van der Waals surface area contributed by atoms with Crippen LogP contribution in [0.2, 0.25) is 0 Å². The Hall–Kier alpha value is -2.75. The van der Waals surface area contributed by atoms with E-state index in [1.54, 1.807) is 0 Å². The Morgan fingerprint density at radius 2 is 1.72 bits per heavy atom. The number of rotatable bonds is 5. The zero-order valence-corrected chi connectivity index (χ0v) is 13.6. The first-order valence-corrected chi connectivity index (χ1v) is 8.30. The summed E-state index contributed by atoms with van der Waals surface area (Å²) in [5.41, 5.74) is 0.383. The van der Waals surface area contributed by atoms with Gasteiger partial charge in [-0.15, -0.1) is 13.2 Å². The molecule has 2 aromatic carbocycles. The van der Waals surface area contributed by atoms with E-state index >= 15 is 0 Å². The zero-order valence-electron chi connectivity index (χ0n) is 12.8. The van der Waals surface area contributed by atoms with Crippen LogP contribution in [0, 0.1) is 0 Å². The van der Waals surface area contributed by atoms with Crippen LogP contribution in [-0.4, -0.2) is 27.7 Å². The molecule has 0 atom stereocenters. The number of hydrogen-bond donors (Lipinski definition) is 2. The smallest absolute Gasteiger partial charge is 0.406 e. The number of anilines is 1. The number of alkyl halides is 3. The van der Waals surface area contributed by atoms with Crippen LogP contribution in [0.1, 0.15) is 10.4 Å². The van der Waals surface area contributed by atoms with Gasteiger partial charge in [0, 0.05) is 18.3 Å². The second-order valence-electron chi connectivity index (χ2n) is 4.78. The average molecular weight is 374 g/mol. The van der Waals surface area contributed by atoms with E-state index in [9.17, 15) is 26.4 Å². The van der Waals surface area contributed by atoms with Crippen molar-refractivity contribution in [1.29, 1.82) is 0 Å². The highest BCUT2D eigenvalue weighted by Gasteiger charge is 2.31. The Bertz CT molecular complexity index is 865. The molecule has 1 amide bonds. The van der Waals surface area contributed by atoms with Crippen molar-refractivity contribution in [2.75, 3.05) is 11.8 Å². The third-order valence-electron chi connectivity index (χ3n) is 2.97. The van der Waals surface area contributed by atoms with Gasteiger partial charge in [-0.25, -0.2) is 8.42 Å². The van der Waals surface area contributed by atoms with Gasteiger partial charge in [-0.1, -0.05) is 6.07 Å². The molecule has 0 aliphatic heterocycles. The topological polar surface area (TPSA) is 84.5 Å². The molecule has 0 heterocycles. The maximum absolute atomic E-state index is 12.3. The van der Waals surface area contributed by atoms with Crippen LogP contribution in [0.15, 0.2) is 53.4 Å². The van der Waals surface area contributed by atoms with Crippen LogP contribution in [0.25, 0.3) is 0 Å². The van der Waals surface area contributed by atoms with E-state index in [-0.39, 0.29) is 16.1 Å². The molecule has 0 aromatic heterocycles. The van der Waals surface area contributed by atoms with Crippen molar-refractivity contribution in [3.63, 3.8) is 0 Å². The van der Waals surface area contributed by atoms with E-state index in [2.05, 4.69) is 14.8 Å². The van der Waals surface area contributed by atoms with Crippen LogP contribution in [0.5, 0.6) is 5.75 Å². The highest BCUT2D eigenvalue weighted by molar-refractivity contribution is 7.92. The number of halogens is 3. The largest absolute Gasteiger partial charge is 0.573 e. The van der Waals surface area contributed by atoms with E-state index < -0.39 is 28.0 Å². The van der Waals surface area contributed by atoms with Crippen molar-refractivity contribution in [2.24, 2.45) is 0 Å². The minimum absolute atomic E-state index is 0.136. The number of nitrogens with one attached hydrogen (secondary N) is 2. The molecule has 0 spiro atoms. The fourth-order valence-electron chi connectivity index (χ4n) is 1.90. The highest BCUT2D eigenvalue weighted by atomic mass is 32.2. The molecule has 0 aliphatic rings. The molecule has 0 saturated heterocycles. The molecular formula is C15H13F3N2O4S. The second-order valence-corrected chi connectivity index (χ2v) is 6.47. The SMILES string of the molecule is CNC(=O)c1cccc(NS(=O)(=O)c2ccc(OC(F)(F)F)cc2)c1. The predicted octanol–water partition coefficient (Wildman–Crippen LogP) is 2.75. The van der Waals surface area contributed by atoms with E-state index in [0.717, 1.165) is 24.3 Å². The zero-order chi connectivity index (χ0) is 18.7. The Kier molecular flexibility index (Phi) is 5.21. The van der Waals surface area contributed by atoms with Gasteiger partial charge in [0.2, 0.25) is 0 Å². The average Bonchev–Trinajstić information content (AvgIpc) is 2.53. The van der Waals surface area contributed by atoms with Crippen LogP contribution >= 0.6 is 0 Å². The van der Waals surface area contributed by atoms with Gasteiger partial charge in [-0.05, 0) is 42.5 Å². The first-order valence-electron chi connectivity index (χ1n) is 6.81. The third kappa shape index (κ3) is 5.11. The lowest BCUT2D eigenvalue weighted by atomic mass is 10.2. The summed E-state index contributed by atoms with van der Waals surface area (Å²) < 4.78 is 66.8. The fraction of sp³-hybridized carbons (Fsp3) is 0.133. The summed E-state index contributed by atoms with van der Waals surface area (Å²) in [7, 11) is -2.61. The predicted molar refractivity (Wildman–Crippen MR) is 83.8 cm³/mol. The van der Waals surface area contributed by atoms with E-state index in [4.69, 9.17) is 0 Å². The maximum Gasteiger partial charge on any atom is 0.573 e. The molecule has 2 N–H and O–H groups in total. The van der Waals surface area contributed by atoms with Crippen LogP contribution < -0.4 is 14.8 Å². The Morgan fingerprint density at radius 3 is 2.28 bits per heavy atom. The van der Waals surface area contributed by atoms with E-state index in [0.29, 0.717) is 0 Å². The van der Waals surface area contributed by atoms with Crippen molar-refractivity contribution >= 4 is 21.6 Å². The van der Waals surface area contributed by atoms with E-state index in [1.165, 1.54) is 31.3 Å². The lowest BCUT2D eigenvalue weighted by Gasteiger charge is -2.11. The van der Waals surface area contributed by atoms with Gasteiger partial charge in [-0.3, -0.25) is 9.52 Å². The first kappa shape index (κ1) is 18.6. The van der Waals surface area contributed by atoms with Gasteiger partial charge in [0.1, 0.15) is 5.75 Å². The Morgan fingerprint density at radius 1 is 1.08 bits per heavy atom. The van der Waals surface area contributed by atoms with Gasteiger partial charge >= 0.3 is 6.36 Å². The van der Waals surface area contributed by atoms with Crippen LogP contribution in [0.4, 0.5) is 18.9 Å². The van der Waals surface area contributed by atoms with Crippen molar-refractivity contribution in [2.45, 2.75) is 11.3 Å². The standard InChI is InChI=1S/C15H13F3N2O4S/c1-19-14(21)10-3-2-4-11(9-10)20-25(22,23)13-7-5-12(6-8-13)24-15(16,17)18/h2-9,20H,1H3,(H,19,21). The molecule has 2 aromatic rings. The Labute approximate surface area is 141 Å². The number of benzene rings is 2. The summed E-state index contributed by atoms with van der Waals surface area (Å²) >= 11 is 0. The van der Waals surface area contributed by atoms with Gasteiger partial charge in [0.15, 0.2) is 0 Å². The molecule has 0 aliphatic carbocycles. The minimum Gasteiger partial charge on any atom is -0.406 e. The number of hydrogen-bond acceptors (Lipinski definition) is 4. The summed E-state index contributed by atoms with van der Waals surface area (Å²) in [5, 5.41) is 2.41. The molecule has 25 heavy (non-hydrogen) atoms. The monoisotopic (exact) mass is 374 g/mol. The molecule has 6 nitrogen and oxygen atoms in total. The van der Waals surface area contributed by atoms with Crippen molar-refractivity contribution in [3.05, 3.63) is 54.1 Å². The lowest BCUT2D eigenvalue weighted by Crippen LogP contribution is -2.19. The van der Waals surface area contributed by atoms with Gasteiger partial charge in [0.05, 0.1) is 4.90 Å². The normalized spacial score (nSPS) is 11.7. The molecular weight excluding hydrogens is 361 g/mol. The van der Waals surface area contributed by atoms with Gasteiger partial charge in [-0.2, -0.15) is 0 Å². The molecule has 2 rings (SSSR count). The molecule has 0 saturated carbocycles. The number of carbonyl (C=O) groups excluding carboxylic acids is 1. The van der Waals surface area contributed by atoms with Gasteiger partial charge < -0.3 is 10.1 Å². The number of amides is 1. The van der Waals surface area contributed by atoms with Crippen molar-refractivity contribution in [1.82, 2.24) is 5.32 Å². The molecule has 134 valence electrons. The third-order valence-corrected chi connectivity index (χ3v) is 4.37. The molecule has 0 bridgehead atoms.